The Labute approximate surface area is 461 Å². The number of benzene rings is 2. The number of pyridine rings is 6. The molecule has 17 nitrogen and oxygen atoms in total. The van der Waals surface area contributed by atoms with Gasteiger partial charge in [0.05, 0.1) is 0 Å². The van der Waals surface area contributed by atoms with Crippen LogP contribution in [0.1, 0.15) is 50.7 Å². The SMILES string of the molecule is CCN(B(C)O)c1cc(CN2CCC(Oc3ccc(-n4c(-c5ccccn5)nc5cccnc54)cc3)CC2)ccn1.CCNc1cc(CN2CCC(Oc3ccc(-n4c(-c5ccccn5)nc5cccnc54)cc3)CC2)ccn1. The van der Waals surface area contributed by atoms with Crippen molar-refractivity contribution in [2.75, 3.05) is 49.4 Å². The fourth-order valence-corrected chi connectivity index (χ4v) is 10.5. The first-order valence-electron chi connectivity index (χ1n) is 27.4. The van der Waals surface area contributed by atoms with Crippen molar-refractivity contribution in [3.05, 3.63) is 182 Å². The third kappa shape index (κ3) is 12.6. The van der Waals surface area contributed by atoms with Crippen molar-refractivity contribution in [2.45, 2.75) is 71.7 Å². The maximum atomic E-state index is 10.0. The molecular formula is C61H65BN14O3. The molecule has 2 aromatic carbocycles. The average Bonchev–Trinajstić information content (AvgIpc) is 4.19. The van der Waals surface area contributed by atoms with Crippen molar-refractivity contribution in [1.82, 2.24) is 58.8 Å². The first-order valence-corrected chi connectivity index (χ1v) is 27.4. The summed E-state index contributed by atoms with van der Waals surface area (Å²) in [5.41, 5.74) is 9.30. The summed E-state index contributed by atoms with van der Waals surface area (Å²) in [5, 5.41) is 13.3. The minimum atomic E-state index is -0.566. The van der Waals surface area contributed by atoms with Crippen LogP contribution in [0.15, 0.2) is 171 Å². The Kier molecular flexibility index (Phi) is 16.5. The smallest absolute Gasteiger partial charge is 0.410 e. The quantitative estimate of drug-likeness (QED) is 0.0824. The fraction of sp³-hybridized carbons (Fsp3) is 0.279. The van der Waals surface area contributed by atoms with E-state index in [1.54, 1.807) is 31.6 Å². The second-order valence-electron chi connectivity index (χ2n) is 19.9. The lowest BCUT2D eigenvalue weighted by Crippen LogP contribution is -2.38. The molecule has 400 valence electrons. The number of piperidine rings is 2. The number of ether oxygens (including phenoxy) is 2. The topological polar surface area (TPSA) is 173 Å². The van der Waals surface area contributed by atoms with Crippen LogP contribution in [0, 0.1) is 0 Å². The van der Waals surface area contributed by atoms with Crippen LogP contribution >= 0.6 is 0 Å². The van der Waals surface area contributed by atoms with Crippen molar-refractivity contribution >= 4 is 41.0 Å². The summed E-state index contributed by atoms with van der Waals surface area (Å²) < 4.78 is 16.9. The van der Waals surface area contributed by atoms with Gasteiger partial charge in [0.15, 0.2) is 22.9 Å². The van der Waals surface area contributed by atoms with Crippen LogP contribution in [0.3, 0.4) is 0 Å². The maximum absolute atomic E-state index is 10.0. The summed E-state index contributed by atoms with van der Waals surface area (Å²) in [5.74, 6) is 5.03. The number of fused-ring (bicyclic) bond motifs is 2. The fourth-order valence-electron chi connectivity index (χ4n) is 10.5. The Morgan fingerprint density at radius 3 is 1.48 bits per heavy atom. The molecule has 0 amide bonds. The number of rotatable bonds is 17. The minimum absolute atomic E-state index is 0.177. The number of hydrogen-bond acceptors (Lipinski definition) is 15. The molecule has 0 spiro atoms. The van der Waals surface area contributed by atoms with Crippen LogP contribution in [0.25, 0.3) is 56.7 Å². The number of nitrogens with zero attached hydrogens (tertiary/aromatic N) is 13. The van der Waals surface area contributed by atoms with Gasteiger partial charge >= 0.3 is 7.05 Å². The van der Waals surface area contributed by atoms with E-state index in [0.717, 1.165) is 151 Å². The van der Waals surface area contributed by atoms with E-state index in [1.807, 2.05) is 114 Å². The largest absolute Gasteiger partial charge is 0.490 e. The predicted octanol–water partition coefficient (Wildman–Crippen LogP) is 10.2. The lowest BCUT2D eigenvalue weighted by Gasteiger charge is -2.32. The van der Waals surface area contributed by atoms with Crippen LogP contribution in [0.4, 0.5) is 11.6 Å². The molecule has 2 aliphatic heterocycles. The molecule has 2 fully saturated rings. The zero-order chi connectivity index (χ0) is 53.9. The van der Waals surface area contributed by atoms with E-state index in [-0.39, 0.29) is 12.2 Å². The van der Waals surface area contributed by atoms with E-state index in [0.29, 0.717) is 6.54 Å². The molecule has 0 atom stereocenters. The van der Waals surface area contributed by atoms with Gasteiger partial charge in [0, 0.05) is 101 Å². The molecule has 0 saturated carbocycles. The molecule has 18 heteroatoms. The van der Waals surface area contributed by atoms with Gasteiger partial charge in [-0.05, 0) is 179 Å². The van der Waals surface area contributed by atoms with Gasteiger partial charge in [-0.3, -0.25) is 28.9 Å². The summed E-state index contributed by atoms with van der Waals surface area (Å²) in [6, 6.07) is 44.2. The molecular weight excluding hydrogens is 988 g/mol. The maximum Gasteiger partial charge on any atom is 0.410 e. The standard InChI is InChI=1S/C31H34BN7O2.C30H31N7O/c1-3-38(32(2)40)29-21-23(13-18-34-29)22-37-19-14-26(15-20-37)41-25-11-9-24(10-12-25)39-30-28(8-6-17-35-30)36-31(39)27-7-4-5-16-33-27;1-2-31-28-20-22(12-17-33-28)21-36-18-13-25(14-19-36)38-24-10-8-23(9-11-24)37-29-27(7-5-16-34-29)35-30(37)26-6-3-4-15-32-26/h4-13,16-18,21,26,40H,3,14-15,19-20,22H2,1-2H3;3-12,15-17,20,25H,2,13-14,18-19,21H2,1H3,(H,31,33). The van der Waals surface area contributed by atoms with Crippen LogP contribution in [0.5, 0.6) is 11.5 Å². The van der Waals surface area contributed by atoms with E-state index in [4.69, 9.17) is 19.4 Å². The van der Waals surface area contributed by atoms with E-state index in [1.165, 1.54) is 11.1 Å². The number of likely N-dealkylation sites (tertiary alicyclic amines) is 2. The van der Waals surface area contributed by atoms with E-state index < -0.39 is 7.05 Å². The van der Waals surface area contributed by atoms with Gasteiger partial charge in [-0.15, -0.1) is 0 Å². The number of nitrogens with one attached hydrogen (secondary N) is 1. The second-order valence-corrected chi connectivity index (χ2v) is 19.9. The molecule has 8 aromatic heterocycles. The molecule has 0 radical (unpaired) electrons. The normalized spacial score (nSPS) is 14.4. The summed E-state index contributed by atoms with van der Waals surface area (Å²) in [6.45, 7) is 13.2. The minimum Gasteiger partial charge on any atom is -0.490 e. The van der Waals surface area contributed by atoms with Crippen molar-refractivity contribution in [3.8, 4) is 45.9 Å². The predicted molar refractivity (Wildman–Crippen MR) is 312 cm³/mol. The number of imidazole rings is 2. The molecule has 2 aliphatic rings. The summed E-state index contributed by atoms with van der Waals surface area (Å²) >= 11 is 0. The molecule has 0 unspecified atom stereocenters. The number of anilines is 2. The highest BCUT2D eigenvalue weighted by Crippen LogP contribution is 2.31. The van der Waals surface area contributed by atoms with Crippen LogP contribution in [0.2, 0.25) is 6.82 Å². The Hall–Kier alpha value is -8.58. The van der Waals surface area contributed by atoms with E-state index in [2.05, 4.69) is 105 Å². The Morgan fingerprint density at radius 1 is 0.544 bits per heavy atom. The van der Waals surface area contributed by atoms with Crippen LogP contribution in [-0.4, -0.2) is 122 Å². The van der Waals surface area contributed by atoms with E-state index in [9.17, 15) is 5.02 Å². The third-order valence-electron chi connectivity index (χ3n) is 14.4. The second kappa shape index (κ2) is 24.8. The highest BCUT2D eigenvalue weighted by Gasteiger charge is 2.24. The molecule has 79 heavy (non-hydrogen) atoms. The average molecular weight is 1050 g/mol. The molecule has 0 bridgehead atoms. The van der Waals surface area contributed by atoms with Crippen LogP contribution in [-0.2, 0) is 13.1 Å². The third-order valence-corrected chi connectivity index (χ3v) is 14.4. The first kappa shape index (κ1) is 52.5. The monoisotopic (exact) mass is 1050 g/mol. The Morgan fingerprint density at radius 2 is 1.03 bits per heavy atom. The van der Waals surface area contributed by atoms with Gasteiger partial charge in [0.25, 0.3) is 0 Å². The summed E-state index contributed by atoms with van der Waals surface area (Å²) in [6.07, 6.45) is 15.2. The van der Waals surface area contributed by atoms with E-state index >= 15 is 0 Å². The van der Waals surface area contributed by atoms with Gasteiger partial charge < -0.3 is 24.6 Å². The zero-order valence-electron chi connectivity index (χ0n) is 45.0. The van der Waals surface area contributed by atoms with Crippen molar-refractivity contribution in [2.24, 2.45) is 0 Å². The highest BCUT2D eigenvalue weighted by molar-refractivity contribution is 6.53. The lowest BCUT2D eigenvalue weighted by molar-refractivity contribution is 0.0967. The van der Waals surface area contributed by atoms with Gasteiger partial charge in [-0.2, -0.15) is 0 Å². The molecule has 2 N–H and O–H groups in total. The van der Waals surface area contributed by atoms with Gasteiger partial charge in [0.2, 0.25) is 0 Å². The van der Waals surface area contributed by atoms with Gasteiger partial charge in [0.1, 0.15) is 57.8 Å². The zero-order valence-corrected chi connectivity index (χ0v) is 45.0. The van der Waals surface area contributed by atoms with Gasteiger partial charge in [-0.1, -0.05) is 12.1 Å². The number of aromatic nitrogens is 10. The molecule has 0 aliphatic carbocycles. The molecule has 10 aromatic rings. The summed E-state index contributed by atoms with van der Waals surface area (Å²) in [4.78, 5) is 43.6. The number of hydrogen-bond donors (Lipinski definition) is 2. The van der Waals surface area contributed by atoms with Gasteiger partial charge in [-0.25, -0.2) is 29.9 Å². The first-order chi connectivity index (χ1) is 38.8. The van der Waals surface area contributed by atoms with Crippen molar-refractivity contribution in [3.63, 3.8) is 0 Å². The highest BCUT2D eigenvalue weighted by atomic mass is 16.5. The molecule has 10 heterocycles. The summed E-state index contributed by atoms with van der Waals surface area (Å²) in [7, 11) is -0.566. The van der Waals surface area contributed by atoms with Crippen molar-refractivity contribution in [1.29, 1.82) is 0 Å². The van der Waals surface area contributed by atoms with Crippen LogP contribution < -0.4 is 19.6 Å². The van der Waals surface area contributed by atoms with Crippen molar-refractivity contribution < 1.29 is 14.5 Å². The molecule has 2 saturated heterocycles. The Bertz CT molecular complexity index is 3550. The Balaban J connectivity index is 0.000000168. The molecule has 12 rings (SSSR count). The lowest BCUT2D eigenvalue weighted by atomic mass is 9.85.